The number of rotatable bonds is 5. The number of thiazole rings is 1. The topological polar surface area (TPSA) is 46.9 Å². The van der Waals surface area contributed by atoms with Crippen LogP contribution in [0, 0.1) is 13.8 Å². The van der Waals surface area contributed by atoms with Crippen molar-refractivity contribution in [3.63, 3.8) is 0 Å². The Morgan fingerprint density at radius 2 is 2.00 bits per heavy atom. The van der Waals surface area contributed by atoms with Crippen LogP contribution in [0.2, 0.25) is 0 Å². The number of hydrogen-bond donors (Lipinski definition) is 1. The van der Waals surface area contributed by atoms with E-state index in [1.54, 1.807) is 11.3 Å². The lowest BCUT2D eigenvalue weighted by atomic mass is 10.2. The van der Waals surface area contributed by atoms with Crippen LogP contribution >= 0.6 is 11.3 Å². The number of carbonyl (C=O) groups is 1. The molecule has 0 spiro atoms. The molecule has 1 amide bonds. The fraction of sp³-hybridized carbons (Fsp3) is 0.263. The average molecular weight is 339 g/mol. The summed E-state index contributed by atoms with van der Waals surface area (Å²) in [7, 11) is 0. The molecule has 0 bridgehead atoms. The van der Waals surface area contributed by atoms with Gasteiger partial charge in [-0.2, -0.15) is 0 Å². The quantitative estimate of drug-likeness (QED) is 0.758. The monoisotopic (exact) mass is 339 g/mol. The van der Waals surface area contributed by atoms with Gasteiger partial charge in [0.25, 0.3) is 5.91 Å². The van der Waals surface area contributed by atoms with Crippen LogP contribution in [0.15, 0.2) is 41.8 Å². The summed E-state index contributed by atoms with van der Waals surface area (Å²) in [6.07, 6.45) is 0. The van der Waals surface area contributed by atoms with Crippen molar-refractivity contribution in [2.45, 2.75) is 33.9 Å². The Bertz CT molecular complexity index is 849. The summed E-state index contributed by atoms with van der Waals surface area (Å²) in [5, 5.41) is 5.95. The number of aryl methyl sites for hydroxylation is 1. The molecule has 0 saturated heterocycles. The second-order valence-electron chi connectivity index (χ2n) is 5.72. The Hall–Kier alpha value is -2.40. The van der Waals surface area contributed by atoms with Crippen LogP contribution in [0.5, 0.6) is 0 Å². The van der Waals surface area contributed by atoms with E-state index in [0.29, 0.717) is 6.54 Å². The first-order valence-electron chi connectivity index (χ1n) is 8.05. The van der Waals surface area contributed by atoms with Crippen LogP contribution in [0.1, 0.15) is 34.4 Å². The molecule has 0 saturated carbocycles. The normalized spacial score (nSPS) is 10.8. The molecule has 3 rings (SSSR count). The van der Waals surface area contributed by atoms with Crippen LogP contribution in [0.25, 0.3) is 10.6 Å². The molecular formula is C19H21N3OS. The van der Waals surface area contributed by atoms with Crippen molar-refractivity contribution in [3.8, 4) is 10.6 Å². The first-order valence-corrected chi connectivity index (χ1v) is 8.93. The van der Waals surface area contributed by atoms with Crippen LogP contribution in [-0.2, 0) is 13.1 Å². The number of benzene rings is 1. The van der Waals surface area contributed by atoms with E-state index in [0.717, 1.165) is 39.8 Å². The van der Waals surface area contributed by atoms with Gasteiger partial charge in [0, 0.05) is 28.9 Å². The largest absolute Gasteiger partial charge is 0.349 e. The molecule has 0 aliphatic rings. The van der Waals surface area contributed by atoms with Crippen molar-refractivity contribution in [1.82, 2.24) is 14.9 Å². The zero-order chi connectivity index (χ0) is 17.1. The molecular weight excluding hydrogens is 318 g/mol. The summed E-state index contributed by atoms with van der Waals surface area (Å²) in [5.41, 5.74) is 4.85. The predicted molar refractivity (Wildman–Crippen MR) is 98.3 cm³/mol. The molecule has 0 aliphatic heterocycles. The number of nitrogens with one attached hydrogen (secondary N) is 1. The maximum absolute atomic E-state index is 12.4. The lowest BCUT2D eigenvalue weighted by molar-refractivity contribution is 0.0949. The standard InChI is InChI=1S/C19H21N3OS/c1-4-22-13(2)10-17(14(22)3)18(23)20-11-16-12-24-19(21-16)15-8-6-5-7-9-15/h5-10,12H,4,11H2,1-3H3,(H,20,23). The van der Waals surface area contributed by atoms with E-state index in [1.165, 1.54) is 0 Å². The molecule has 24 heavy (non-hydrogen) atoms. The van der Waals surface area contributed by atoms with E-state index in [2.05, 4.69) is 21.8 Å². The summed E-state index contributed by atoms with van der Waals surface area (Å²) < 4.78 is 2.14. The highest BCUT2D eigenvalue weighted by Crippen LogP contribution is 2.23. The highest BCUT2D eigenvalue weighted by Gasteiger charge is 2.15. The minimum absolute atomic E-state index is 0.0444. The molecule has 2 aromatic heterocycles. The third-order valence-corrected chi connectivity index (χ3v) is 5.08. The lowest BCUT2D eigenvalue weighted by Crippen LogP contribution is -2.23. The first kappa shape index (κ1) is 16.5. The number of carbonyl (C=O) groups excluding carboxylic acids is 1. The van der Waals surface area contributed by atoms with Gasteiger partial charge in [-0.25, -0.2) is 4.98 Å². The summed E-state index contributed by atoms with van der Waals surface area (Å²) in [6, 6.07) is 12.0. The van der Waals surface area contributed by atoms with Crippen LogP contribution < -0.4 is 5.32 Å². The maximum atomic E-state index is 12.4. The van der Waals surface area contributed by atoms with Crippen molar-refractivity contribution in [2.24, 2.45) is 0 Å². The highest BCUT2D eigenvalue weighted by molar-refractivity contribution is 7.13. The minimum Gasteiger partial charge on any atom is -0.349 e. The Balaban J connectivity index is 1.68. The van der Waals surface area contributed by atoms with Crippen molar-refractivity contribution in [2.75, 3.05) is 0 Å². The van der Waals surface area contributed by atoms with Crippen molar-refractivity contribution in [1.29, 1.82) is 0 Å². The van der Waals surface area contributed by atoms with E-state index in [4.69, 9.17) is 0 Å². The van der Waals surface area contributed by atoms with E-state index in [-0.39, 0.29) is 5.91 Å². The molecule has 0 aliphatic carbocycles. The SMILES string of the molecule is CCn1c(C)cc(C(=O)NCc2csc(-c3ccccc3)n2)c1C. The van der Waals surface area contributed by atoms with Crippen LogP contribution in [0.4, 0.5) is 0 Å². The van der Waals surface area contributed by atoms with Gasteiger partial charge in [0.15, 0.2) is 0 Å². The number of amides is 1. The smallest absolute Gasteiger partial charge is 0.253 e. The molecule has 0 atom stereocenters. The van der Waals surface area contributed by atoms with Gasteiger partial charge in [0.05, 0.1) is 17.8 Å². The van der Waals surface area contributed by atoms with Gasteiger partial charge in [0.2, 0.25) is 0 Å². The fourth-order valence-corrected chi connectivity index (χ4v) is 3.71. The minimum atomic E-state index is -0.0444. The molecule has 5 heteroatoms. The summed E-state index contributed by atoms with van der Waals surface area (Å²) in [6.45, 7) is 7.42. The van der Waals surface area contributed by atoms with Crippen LogP contribution in [-0.4, -0.2) is 15.5 Å². The summed E-state index contributed by atoms with van der Waals surface area (Å²) in [4.78, 5) is 17.1. The Morgan fingerprint density at radius 3 is 2.67 bits per heavy atom. The zero-order valence-electron chi connectivity index (χ0n) is 14.2. The molecule has 1 aromatic carbocycles. The Morgan fingerprint density at radius 1 is 1.25 bits per heavy atom. The van der Waals surface area contributed by atoms with Crippen LogP contribution in [0.3, 0.4) is 0 Å². The average Bonchev–Trinajstić information content (AvgIpc) is 3.18. The predicted octanol–water partition coefficient (Wildman–Crippen LogP) is 4.18. The second kappa shape index (κ2) is 7.01. The van der Waals surface area contributed by atoms with E-state index in [9.17, 15) is 4.79 Å². The molecule has 3 aromatic rings. The van der Waals surface area contributed by atoms with Crippen molar-refractivity contribution >= 4 is 17.2 Å². The molecule has 0 radical (unpaired) electrons. The highest BCUT2D eigenvalue weighted by atomic mass is 32.1. The number of nitrogens with zero attached hydrogens (tertiary/aromatic N) is 2. The third kappa shape index (κ3) is 3.26. The van der Waals surface area contributed by atoms with E-state index >= 15 is 0 Å². The molecule has 1 N–H and O–H groups in total. The van der Waals surface area contributed by atoms with Gasteiger partial charge in [-0.15, -0.1) is 11.3 Å². The third-order valence-electron chi connectivity index (χ3n) is 4.14. The van der Waals surface area contributed by atoms with Gasteiger partial charge in [-0.1, -0.05) is 30.3 Å². The number of aromatic nitrogens is 2. The van der Waals surface area contributed by atoms with Crippen molar-refractivity contribution < 1.29 is 4.79 Å². The maximum Gasteiger partial charge on any atom is 0.253 e. The van der Waals surface area contributed by atoms with Crippen molar-refractivity contribution in [3.05, 3.63) is 64.4 Å². The zero-order valence-corrected chi connectivity index (χ0v) is 15.0. The Kier molecular flexibility index (Phi) is 4.81. The second-order valence-corrected chi connectivity index (χ2v) is 6.58. The molecule has 124 valence electrons. The molecule has 0 fully saturated rings. The Labute approximate surface area is 146 Å². The van der Waals surface area contributed by atoms with Gasteiger partial charge in [0.1, 0.15) is 5.01 Å². The summed E-state index contributed by atoms with van der Waals surface area (Å²) >= 11 is 1.60. The lowest BCUT2D eigenvalue weighted by Gasteiger charge is -2.06. The number of hydrogen-bond acceptors (Lipinski definition) is 3. The van der Waals surface area contributed by atoms with Gasteiger partial charge in [-0.3, -0.25) is 4.79 Å². The first-order chi connectivity index (χ1) is 11.6. The van der Waals surface area contributed by atoms with E-state index in [1.807, 2.05) is 55.6 Å². The molecule has 4 nitrogen and oxygen atoms in total. The fourth-order valence-electron chi connectivity index (χ4n) is 2.89. The van der Waals surface area contributed by atoms with Gasteiger partial charge >= 0.3 is 0 Å². The molecule has 2 heterocycles. The van der Waals surface area contributed by atoms with Gasteiger partial charge < -0.3 is 9.88 Å². The molecule has 0 unspecified atom stereocenters. The summed E-state index contributed by atoms with van der Waals surface area (Å²) in [5.74, 6) is -0.0444. The van der Waals surface area contributed by atoms with Gasteiger partial charge in [-0.05, 0) is 26.8 Å². The van der Waals surface area contributed by atoms with E-state index < -0.39 is 0 Å².